The number of methoxy groups -OCH3 is 2. The van der Waals surface area contributed by atoms with Crippen molar-refractivity contribution in [1.29, 1.82) is 0 Å². The van der Waals surface area contributed by atoms with E-state index in [0.717, 1.165) is 32.2 Å². The second kappa shape index (κ2) is 8.06. The summed E-state index contributed by atoms with van der Waals surface area (Å²) in [5.41, 5.74) is 0.488. The zero-order valence-corrected chi connectivity index (χ0v) is 11.8. The van der Waals surface area contributed by atoms with Gasteiger partial charge >= 0.3 is 0 Å². The lowest BCUT2D eigenvalue weighted by Crippen LogP contribution is -2.35. The van der Waals surface area contributed by atoms with Crippen LogP contribution >= 0.6 is 0 Å². The molecule has 3 heteroatoms. The lowest BCUT2D eigenvalue weighted by molar-refractivity contribution is 0.168. The van der Waals surface area contributed by atoms with Crippen LogP contribution in [0.2, 0.25) is 0 Å². The first-order valence-electron chi connectivity index (χ1n) is 6.91. The summed E-state index contributed by atoms with van der Waals surface area (Å²) in [6.07, 6.45) is 6.64. The molecule has 1 rings (SSSR count). The maximum absolute atomic E-state index is 5.11. The van der Waals surface area contributed by atoms with Crippen molar-refractivity contribution in [3.05, 3.63) is 0 Å². The molecule has 1 fully saturated rings. The highest BCUT2D eigenvalue weighted by atomic mass is 16.5. The molecule has 1 aliphatic carbocycles. The number of hydrogen-bond acceptors (Lipinski definition) is 3. The van der Waals surface area contributed by atoms with Gasteiger partial charge in [0.25, 0.3) is 0 Å². The molecule has 3 nitrogen and oxygen atoms in total. The average molecular weight is 243 g/mol. The molecule has 0 radical (unpaired) electrons. The van der Waals surface area contributed by atoms with E-state index in [2.05, 4.69) is 12.2 Å². The van der Waals surface area contributed by atoms with E-state index in [4.69, 9.17) is 9.47 Å². The molecule has 1 aliphatic rings. The zero-order chi connectivity index (χ0) is 12.6. The minimum absolute atomic E-state index is 0.488. The molecule has 102 valence electrons. The van der Waals surface area contributed by atoms with Gasteiger partial charge in [-0.25, -0.2) is 0 Å². The van der Waals surface area contributed by atoms with Gasteiger partial charge in [-0.1, -0.05) is 13.3 Å². The van der Waals surface area contributed by atoms with Gasteiger partial charge in [-0.15, -0.1) is 0 Å². The van der Waals surface area contributed by atoms with Crippen LogP contribution in [0, 0.1) is 11.3 Å². The fourth-order valence-corrected chi connectivity index (χ4v) is 2.54. The van der Waals surface area contributed by atoms with Gasteiger partial charge in [-0.2, -0.15) is 0 Å². The van der Waals surface area contributed by atoms with Crippen LogP contribution in [0.5, 0.6) is 0 Å². The van der Waals surface area contributed by atoms with Crippen LogP contribution in [0.25, 0.3) is 0 Å². The van der Waals surface area contributed by atoms with Crippen LogP contribution in [0.3, 0.4) is 0 Å². The molecule has 0 aromatic heterocycles. The molecule has 1 atom stereocenters. The molecule has 0 aromatic rings. The van der Waals surface area contributed by atoms with Crippen LogP contribution in [0.1, 0.15) is 39.0 Å². The van der Waals surface area contributed by atoms with Crippen molar-refractivity contribution in [3.8, 4) is 0 Å². The molecule has 0 aromatic carbocycles. The first-order chi connectivity index (χ1) is 8.23. The highest BCUT2D eigenvalue weighted by Crippen LogP contribution is 2.47. The Kier molecular flexibility index (Phi) is 7.09. The van der Waals surface area contributed by atoms with E-state index < -0.39 is 0 Å². The van der Waals surface area contributed by atoms with Crippen molar-refractivity contribution < 1.29 is 9.47 Å². The van der Waals surface area contributed by atoms with E-state index in [1.807, 2.05) is 0 Å². The lowest BCUT2D eigenvalue weighted by Gasteiger charge is -2.30. The number of unbranched alkanes of at least 4 members (excludes halogenated alkanes) is 1. The highest BCUT2D eigenvalue weighted by Gasteiger charge is 2.40. The quantitative estimate of drug-likeness (QED) is 0.565. The van der Waals surface area contributed by atoms with Gasteiger partial charge in [-0.05, 0) is 37.0 Å². The van der Waals surface area contributed by atoms with Gasteiger partial charge < -0.3 is 14.8 Å². The van der Waals surface area contributed by atoms with Gasteiger partial charge in [0.15, 0.2) is 0 Å². The minimum Gasteiger partial charge on any atom is -0.385 e. The largest absolute Gasteiger partial charge is 0.385 e. The molecule has 0 heterocycles. The summed E-state index contributed by atoms with van der Waals surface area (Å²) in [6, 6.07) is 0. The topological polar surface area (TPSA) is 30.5 Å². The predicted molar refractivity (Wildman–Crippen MR) is 71.3 cm³/mol. The normalized spacial score (nSPS) is 19.2. The smallest absolute Gasteiger partial charge is 0.0587 e. The number of rotatable bonds is 11. The van der Waals surface area contributed by atoms with Crippen LogP contribution in [0.4, 0.5) is 0 Å². The first-order valence-corrected chi connectivity index (χ1v) is 6.91. The Labute approximate surface area is 106 Å². The zero-order valence-electron chi connectivity index (χ0n) is 11.8. The van der Waals surface area contributed by atoms with E-state index in [0.29, 0.717) is 5.41 Å². The molecule has 0 aliphatic heterocycles. The Morgan fingerprint density at radius 1 is 1.12 bits per heavy atom. The van der Waals surface area contributed by atoms with Crippen molar-refractivity contribution in [2.45, 2.75) is 39.0 Å². The maximum atomic E-state index is 5.11. The van der Waals surface area contributed by atoms with E-state index in [1.165, 1.54) is 32.1 Å². The number of ether oxygens (including phenoxy) is 2. The summed E-state index contributed by atoms with van der Waals surface area (Å²) >= 11 is 0. The Morgan fingerprint density at radius 3 is 2.41 bits per heavy atom. The van der Waals surface area contributed by atoms with E-state index in [1.54, 1.807) is 14.2 Å². The summed E-state index contributed by atoms with van der Waals surface area (Å²) in [4.78, 5) is 0. The first kappa shape index (κ1) is 14.9. The Bertz CT molecular complexity index is 181. The van der Waals surface area contributed by atoms with E-state index >= 15 is 0 Å². The van der Waals surface area contributed by atoms with E-state index in [-0.39, 0.29) is 0 Å². The number of nitrogens with one attached hydrogen (secondary N) is 1. The molecular weight excluding hydrogens is 214 g/mol. The summed E-state index contributed by atoms with van der Waals surface area (Å²) in [7, 11) is 3.54. The summed E-state index contributed by atoms with van der Waals surface area (Å²) < 4.78 is 10.2. The van der Waals surface area contributed by atoms with Gasteiger partial charge in [0.05, 0.1) is 6.61 Å². The van der Waals surface area contributed by atoms with Crippen molar-refractivity contribution in [1.82, 2.24) is 5.32 Å². The van der Waals surface area contributed by atoms with Crippen LogP contribution in [-0.2, 0) is 9.47 Å². The Morgan fingerprint density at radius 2 is 1.82 bits per heavy atom. The van der Waals surface area contributed by atoms with Gasteiger partial charge in [0.1, 0.15) is 0 Å². The Hall–Kier alpha value is -0.120. The molecule has 0 amide bonds. The van der Waals surface area contributed by atoms with Crippen LogP contribution < -0.4 is 5.32 Å². The van der Waals surface area contributed by atoms with Crippen molar-refractivity contribution in [2.24, 2.45) is 11.3 Å². The molecule has 0 bridgehead atoms. The maximum Gasteiger partial charge on any atom is 0.0587 e. The van der Waals surface area contributed by atoms with E-state index in [9.17, 15) is 0 Å². The molecule has 1 N–H and O–H groups in total. The fraction of sp³-hybridized carbons (Fsp3) is 1.00. The van der Waals surface area contributed by atoms with Gasteiger partial charge in [-0.3, -0.25) is 0 Å². The monoisotopic (exact) mass is 243 g/mol. The third-order valence-corrected chi connectivity index (χ3v) is 3.92. The number of hydrogen-bond donors (Lipinski definition) is 1. The molecular formula is C14H29NO2. The molecule has 0 saturated heterocycles. The van der Waals surface area contributed by atoms with Crippen LogP contribution in [0.15, 0.2) is 0 Å². The fourth-order valence-electron chi connectivity index (χ4n) is 2.54. The third kappa shape index (κ3) is 5.84. The predicted octanol–water partition coefficient (Wildman–Crippen LogP) is 2.46. The third-order valence-electron chi connectivity index (χ3n) is 3.92. The molecule has 0 spiro atoms. The van der Waals surface area contributed by atoms with Crippen molar-refractivity contribution >= 4 is 0 Å². The minimum atomic E-state index is 0.488. The van der Waals surface area contributed by atoms with Crippen molar-refractivity contribution in [3.63, 3.8) is 0 Å². The standard InChI is InChI=1S/C14H29NO2/c1-14(13-6-7-13,8-4-5-10-16-2)12-15-9-11-17-3/h13,15H,4-12H2,1-3H3. The summed E-state index contributed by atoms with van der Waals surface area (Å²) in [6.45, 7) is 6.25. The molecule has 17 heavy (non-hydrogen) atoms. The summed E-state index contributed by atoms with van der Waals surface area (Å²) in [5.74, 6) is 0.945. The second-order valence-corrected chi connectivity index (χ2v) is 5.55. The highest BCUT2D eigenvalue weighted by molar-refractivity contribution is 4.92. The van der Waals surface area contributed by atoms with Crippen molar-refractivity contribution in [2.75, 3.05) is 40.5 Å². The van der Waals surface area contributed by atoms with Gasteiger partial charge in [0, 0.05) is 33.9 Å². The van der Waals surface area contributed by atoms with Gasteiger partial charge in [0.2, 0.25) is 0 Å². The molecule has 1 unspecified atom stereocenters. The molecule has 1 saturated carbocycles. The Balaban J connectivity index is 2.19. The second-order valence-electron chi connectivity index (χ2n) is 5.55. The SMILES string of the molecule is COCCCCC(C)(CNCCOC)C1CC1. The summed E-state index contributed by atoms with van der Waals surface area (Å²) in [5, 5.41) is 3.53. The lowest BCUT2D eigenvalue weighted by atomic mass is 9.80. The van der Waals surface area contributed by atoms with Crippen LogP contribution in [-0.4, -0.2) is 40.5 Å². The average Bonchev–Trinajstić information content (AvgIpc) is 3.15.